The third-order valence-electron chi connectivity index (χ3n) is 4.77. The quantitative estimate of drug-likeness (QED) is 0.914. The van der Waals surface area contributed by atoms with Crippen LogP contribution < -0.4 is 4.74 Å². The average Bonchev–Trinajstić information content (AvgIpc) is 3.10. The molecular formula is C18H24FN3O2. The minimum atomic E-state index is -0.644. The van der Waals surface area contributed by atoms with E-state index in [0.29, 0.717) is 6.54 Å². The highest BCUT2D eigenvalue weighted by Crippen LogP contribution is 2.39. The van der Waals surface area contributed by atoms with Crippen LogP contribution in [0.3, 0.4) is 0 Å². The van der Waals surface area contributed by atoms with Crippen molar-refractivity contribution >= 4 is 0 Å². The van der Waals surface area contributed by atoms with Crippen molar-refractivity contribution in [1.29, 1.82) is 0 Å². The standard InChI is InChI=1S/C18H24FN3O2/c1-12-17(18(24-3)21(2)20-12)15-5-4-10-22(15)11-16(23)13-6-8-14(19)9-7-13/h6-9,15-16,23H,4-5,10-11H2,1-3H3/t15-,16-/m1/s1. The van der Waals surface area contributed by atoms with E-state index in [1.165, 1.54) is 12.1 Å². The Kier molecular flexibility index (Phi) is 4.87. The number of aromatic nitrogens is 2. The first-order chi connectivity index (χ1) is 11.5. The van der Waals surface area contributed by atoms with Gasteiger partial charge in [-0.25, -0.2) is 9.07 Å². The monoisotopic (exact) mass is 333 g/mol. The normalized spacial score (nSPS) is 19.6. The predicted octanol–water partition coefficient (Wildman–Crippen LogP) is 2.75. The molecule has 1 aromatic carbocycles. The molecule has 1 N–H and O–H groups in total. The van der Waals surface area contributed by atoms with Gasteiger partial charge in [0.2, 0.25) is 5.88 Å². The van der Waals surface area contributed by atoms with E-state index in [0.717, 1.165) is 42.1 Å². The maximum absolute atomic E-state index is 13.1. The smallest absolute Gasteiger partial charge is 0.216 e. The third-order valence-corrected chi connectivity index (χ3v) is 4.77. The number of rotatable bonds is 5. The van der Waals surface area contributed by atoms with Crippen LogP contribution in [0, 0.1) is 12.7 Å². The highest BCUT2D eigenvalue weighted by molar-refractivity contribution is 5.35. The molecule has 5 nitrogen and oxygen atoms in total. The van der Waals surface area contributed by atoms with Crippen LogP contribution in [-0.2, 0) is 7.05 Å². The number of hydrogen-bond donors (Lipinski definition) is 1. The third kappa shape index (κ3) is 3.16. The zero-order valence-corrected chi connectivity index (χ0v) is 14.4. The minimum Gasteiger partial charge on any atom is -0.481 e. The van der Waals surface area contributed by atoms with Crippen LogP contribution in [0.5, 0.6) is 5.88 Å². The molecule has 1 aliphatic heterocycles. The van der Waals surface area contributed by atoms with Gasteiger partial charge in [-0.2, -0.15) is 5.10 Å². The Bertz CT molecular complexity index is 699. The molecule has 1 fully saturated rings. The number of likely N-dealkylation sites (tertiary alicyclic amines) is 1. The number of aryl methyl sites for hydroxylation is 2. The van der Waals surface area contributed by atoms with E-state index in [-0.39, 0.29) is 11.9 Å². The van der Waals surface area contributed by atoms with Gasteiger partial charge >= 0.3 is 0 Å². The summed E-state index contributed by atoms with van der Waals surface area (Å²) >= 11 is 0. The Labute approximate surface area is 141 Å². The summed E-state index contributed by atoms with van der Waals surface area (Å²) < 4.78 is 20.3. The lowest BCUT2D eigenvalue weighted by Crippen LogP contribution is -2.29. The van der Waals surface area contributed by atoms with Gasteiger partial charge in [0.15, 0.2) is 0 Å². The molecule has 0 unspecified atom stereocenters. The first kappa shape index (κ1) is 16.9. The zero-order valence-electron chi connectivity index (χ0n) is 14.4. The Morgan fingerprint density at radius 3 is 2.75 bits per heavy atom. The molecule has 130 valence electrons. The van der Waals surface area contributed by atoms with Crippen LogP contribution in [0.1, 0.15) is 41.8 Å². The minimum absolute atomic E-state index is 0.184. The lowest BCUT2D eigenvalue weighted by Gasteiger charge is -2.27. The summed E-state index contributed by atoms with van der Waals surface area (Å²) in [5.74, 6) is 0.487. The van der Waals surface area contributed by atoms with Gasteiger partial charge in [-0.05, 0) is 44.0 Å². The van der Waals surface area contributed by atoms with Crippen molar-refractivity contribution in [3.05, 3.63) is 46.9 Å². The van der Waals surface area contributed by atoms with Crippen LogP contribution in [0.4, 0.5) is 4.39 Å². The molecule has 0 bridgehead atoms. The molecule has 0 aliphatic carbocycles. The van der Waals surface area contributed by atoms with Gasteiger partial charge in [0.05, 0.1) is 24.5 Å². The molecule has 0 radical (unpaired) electrons. The number of ether oxygens (including phenoxy) is 1. The number of hydrogen-bond acceptors (Lipinski definition) is 4. The molecular weight excluding hydrogens is 309 g/mol. The molecule has 1 aromatic heterocycles. The second-order valence-corrected chi connectivity index (χ2v) is 6.35. The van der Waals surface area contributed by atoms with E-state index >= 15 is 0 Å². The first-order valence-electron chi connectivity index (χ1n) is 8.26. The van der Waals surface area contributed by atoms with E-state index in [1.807, 2.05) is 14.0 Å². The zero-order chi connectivity index (χ0) is 17.3. The Morgan fingerprint density at radius 2 is 2.08 bits per heavy atom. The SMILES string of the molecule is COc1c([C@H]2CCCN2C[C@@H](O)c2ccc(F)cc2)c(C)nn1C. The highest BCUT2D eigenvalue weighted by Gasteiger charge is 2.33. The lowest BCUT2D eigenvalue weighted by molar-refractivity contribution is 0.105. The van der Waals surface area contributed by atoms with Crippen molar-refractivity contribution in [2.45, 2.75) is 31.9 Å². The number of aliphatic hydroxyl groups is 1. The highest BCUT2D eigenvalue weighted by atomic mass is 19.1. The van der Waals surface area contributed by atoms with Crippen LogP contribution in [0.15, 0.2) is 24.3 Å². The van der Waals surface area contributed by atoms with Gasteiger partial charge in [0.1, 0.15) is 5.82 Å². The summed E-state index contributed by atoms with van der Waals surface area (Å²) in [5.41, 5.74) is 2.79. The number of aliphatic hydroxyl groups excluding tert-OH is 1. The van der Waals surface area contributed by atoms with Crippen molar-refractivity contribution in [3.63, 3.8) is 0 Å². The number of β-amino-alcohol motifs (C(OH)–C–C–N with tert-alkyl or cyclic N) is 1. The predicted molar refractivity (Wildman–Crippen MR) is 89.4 cm³/mol. The summed E-state index contributed by atoms with van der Waals surface area (Å²) in [6.07, 6.45) is 1.44. The lowest BCUT2D eigenvalue weighted by atomic mass is 10.0. The molecule has 2 heterocycles. The van der Waals surface area contributed by atoms with Crippen LogP contribution in [0.2, 0.25) is 0 Å². The summed E-state index contributed by atoms with van der Waals surface area (Å²) in [5, 5.41) is 15.0. The molecule has 6 heteroatoms. The van der Waals surface area contributed by atoms with Crippen molar-refractivity contribution in [2.24, 2.45) is 7.05 Å². The van der Waals surface area contributed by atoms with Crippen molar-refractivity contribution in [2.75, 3.05) is 20.2 Å². The van der Waals surface area contributed by atoms with Gasteiger partial charge in [-0.15, -0.1) is 0 Å². The van der Waals surface area contributed by atoms with E-state index in [1.54, 1.807) is 23.9 Å². The Morgan fingerprint density at radius 1 is 1.38 bits per heavy atom. The fraction of sp³-hybridized carbons (Fsp3) is 0.500. The van der Waals surface area contributed by atoms with Gasteiger partial charge < -0.3 is 9.84 Å². The molecule has 0 amide bonds. The van der Waals surface area contributed by atoms with Crippen LogP contribution in [0.25, 0.3) is 0 Å². The average molecular weight is 333 g/mol. The van der Waals surface area contributed by atoms with E-state index in [4.69, 9.17) is 4.74 Å². The molecule has 3 rings (SSSR count). The van der Waals surface area contributed by atoms with Gasteiger partial charge in [0.25, 0.3) is 0 Å². The van der Waals surface area contributed by atoms with Crippen LogP contribution >= 0.6 is 0 Å². The second kappa shape index (κ2) is 6.91. The maximum Gasteiger partial charge on any atom is 0.216 e. The molecule has 0 saturated carbocycles. The maximum atomic E-state index is 13.1. The summed E-state index contributed by atoms with van der Waals surface area (Å²) in [7, 11) is 3.54. The van der Waals surface area contributed by atoms with Gasteiger partial charge in [0, 0.05) is 19.6 Å². The Hall–Kier alpha value is -1.92. The van der Waals surface area contributed by atoms with E-state index in [2.05, 4.69) is 10.00 Å². The molecule has 24 heavy (non-hydrogen) atoms. The van der Waals surface area contributed by atoms with Gasteiger partial charge in [-0.3, -0.25) is 4.90 Å². The molecule has 2 atom stereocenters. The number of nitrogens with zero attached hydrogens (tertiary/aromatic N) is 3. The van der Waals surface area contributed by atoms with E-state index < -0.39 is 6.10 Å². The molecule has 1 saturated heterocycles. The molecule has 1 aliphatic rings. The first-order valence-corrected chi connectivity index (χ1v) is 8.26. The van der Waals surface area contributed by atoms with E-state index in [9.17, 15) is 9.50 Å². The van der Waals surface area contributed by atoms with Crippen molar-refractivity contribution in [3.8, 4) is 5.88 Å². The van der Waals surface area contributed by atoms with Crippen molar-refractivity contribution < 1.29 is 14.2 Å². The fourth-order valence-corrected chi connectivity index (χ4v) is 3.66. The number of halogens is 1. The van der Waals surface area contributed by atoms with Crippen molar-refractivity contribution in [1.82, 2.24) is 14.7 Å². The topological polar surface area (TPSA) is 50.5 Å². The summed E-state index contributed by atoms with van der Waals surface area (Å²) in [6, 6.07) is 6.23. The Balaban J connectivity index is 1.80. The largest absolute Gasteiger partial charge is 0.481 e. The van der Waals surface area contributed by atoms with Gasteiger partial charge in [-0.1, -0.05) is 12.1 Å². The number of benzene rings is 1. The second-order valence-electron chi connectivity index (χ2n) is 6.35. The molecule has 0 spiro atoms. The molecule has 2 aromatic rings. The van der Waals surface area contributed by atoms with Crippen LogP contribution in [-0.4, -0.2) is 40.0 Å². The summed E-state index contributed by atoms with van der Waals surface area (Å²) in [4.78, 5) is 2.26. The summed E-state index contributed by atoms with van der Waals surface area (Å²) in [6.45, 7) is 3.42. The fourth-order valence-electron chi connectivity index (χ4n) is 3.66. The number of methoxy groups -OCH3 is 1.